The first kappa shape index (κ1) is 28.3. The molecule has 1 aromatic heterocycles. The van der Waals surface area contributed by atoms with E-state index in [2.05, 4.69) is 44.9 Å². The first-order chi connectivity index (χ1) is 18.6. The highest BCUT2D eigenvalue weighted by atomic mass is 79.9. The number of benzene rings is 3. The molecule has 0 saturated heterocycles. The number of rotatable bonds is 9. The first-order valence-corrected chi connectivity index (χ1v) is 14.8. The van der Waals surface area contributed by atoms with Crippen LogP contribution in [0.2, 0.25) is 0 Å². The average molecular weight is 608 g/mol. The molecule has 0 unspecified atom stereocenters. The van der Waals surface area contributed by atoms with E-state index in [-0.39, 0.29) is 4.90 Å². The molecule has 9 heteroatoms. The maximum absolute atomic E-state index is 13.5. The Labute approximate surface area is 238 Å². The van der Waals surface area contributed by atoms with Crippen LogP contribution in [-0.4, -0.2) is 31.7 Å². The van der Waals surface area contributed by atoms with E-state index >= 15 is 0 Å². The highest BCUT2D eigenvalue weighted by molar-refractivity contribution is 9.10. The van der Waals surface area contributed by atoms with E-state index in [9.17, 15) is 13.2 Å². The number of aryl methyl sites for hydroxylation is 1. The SMILES string of the molecule is Cc1cc(/C=N\NC(=O)CN(c2ccc(C(C)C)cc2)S(=O)(=O)c2ccccc2)c(C)n1-c1ccc(Br)cc1. The van der Waals surface area contributed by atoms with E-state index in [1.54, 1.807) is 36.5 Å². The minimum Gasteiger partial charge on any atom is -0.318 e. The Morgan fingerprint density at radius 2 is 1.64 bits per heavy atom. The van der Waals surface area contributed by atoms with Gasteiger partial charge in [0.2, 0.25) is 0 Å². The number of hydrogen-bond donors (Lipinski definition) is 1. The van der Waals surface area contributed by atoms with Crippen molar-refractivity contribution in [3.63, 3.8) is 0 Å². The van der Waals surface area contributed by atoms with Crippen molar-refractivity contribution in [2.75, 3.05) is 10.8 Å². The first-order valence-electron chi connectivity index (χ1n) is 12.5. The summed E-state index contributed by atoms with van der Waals surface area (Å²) in [5.41, 5.74) is 7.82. The van der Waals surface area contributed by atoms with E-state index < -0.39 is 22.5 Å². The third-order valence-corrected chi connectivity index (χ3v) is 8.73. The van der Waals surface area contributed by atoms with Crippen LogP contribution in [0.1, 0.15) is 42.3 Å². The second-order valence-corrected chi connectivity index (χ2v) is 12.3. The van der Waals surface area contributed by atoms with Gasteiger partial charge < -0.3 is 4.57 Å². The monoisotopic (exact) mass is 606 g/mol. The van der Waals surface area contributed by atoms with Crippen LogP contribution in [-0.2, 0) is 14.8 Å². The lowest BCUT2D eigenvalue weighted by Gasteiger charge is -2.24. The number of anilines is 1. The van der Waals surface area contributed by atoms with Crippen LogP contribution < -0.4 is 9.73 Å². The Morgan fingerprint density at radius 1 is 1.00 bits per heavy atom. The van der Waals surface area contributed by atoms with Crippen molar-refractivity contribution in [3.8, 4) is 5.69 Å². The molecule has 0 aliphatic carbocycles. The van der Waals surface area contributed by atoms with Gasteiger partial charge in [0.05, 0.1) is 16.8 Å². The van der Waals surface area contributed by atoms with Crippen LogP contribution in [0.5, 0.6) is 0 Å². The molecule has 1 N–H and O–H groups in total. The van der Waals surface area contributed by atoms with Gasteiger partial charge in [-0.3, -0.25) is 9.10 Å². The molecule has 4 aromatic rings. The molecular formula is C30H31BrN4O3S. The molecule has 1 amide bonds. The molecule has 4 rings (SSSR count). The number of carbonyl (C=O) groups excluding carboxylic acids is 1. The molecule has 0 bridgehead atoms. The summed E-state index contributed by atoms with van der Waals surface area (Å²) >= 11 is 3.46. The lowest BCUT2D eigenvalue weighted by atomic mass is 10.0. The van der Waals surface area contributed by atoms with Crippen LogP contribution in [0.15, 0.2) is 99.4 Å². The average Bonchev–Trinajstić information content (AvgIpc) is 3.20. The molecule has 202 valence electrons. The summed E-state index contributed by atoms with van der Waals surface area (Å²) in [6.45, 7) is 7.69. The van der Waals surface area contributed by atoms with Gasteiger partial charge >= 0.3 is 0 Å². The Hall–Kier alpha value is -3.69. The molecule has 0 radical (unpaired) electrons. The van der Waals surface area contributed by atoms with Crippen molar-refractivity contribution >= 4 is 43.8 Å². The number of carbonyl (C=O) groups is 1. The minimum atomic E-state index is -3.99. The summed E-state index contributed by atoms with van der Waals surface area (Å²) in [6, 6.07) is 25.3. The molecule has 0 aliphatic heterocycles. The molecule has 3 aromatic carbocycles. The van der Waals surface area contributed by atoms with Crippen molar-refractivity contribution in [3.05, 3.63) is 112 Å². The van der Waals surface area contributed by atoms with Gasteiger partial charge in [0, 0.05) is 27.1 Å². The summed E-state index contributed by atoms with van der Waals surface area (Å²) in [6.07, 6.45) is 1.57. The van der Waals surface area contributed by atoms with Crippen LogP contribution in [0.25, 0.3) is 5.69 Å². The Morgan fingerprint density at radius 3 is 2.26 bits per heavy atom. The smallest absolute Gasteiger partial charge is 0.264 e. The largest absolute Gasteiger partial charge is 0.318 e. The molecule has 0 fully saturated rings. The van der Waals surface area contributed by atoms with Crippen LogP contribution in [0.3, 0.4) is 0 Å². The lowest BCUT2D eigenvalue weighted by molar-refractivity contribution is -0.119. The predicted molar refractivity (Wildman–Crippen MR) is 160 cm³/mol. The highest BCUT2D eigenvalue weighted by Crippen LogP contribution is 2.26. The van der Waals surface area contributed by atoms with Gasteiger partial charge in [-0.2, -0.15) is 5.10 Å². The third kappa shape index (κ3) is 6.49. The van der Waals surface area contributed by atoms with E-state index in [0.29, 0.717) is 11.6 Å². The zero-order valence-corrected chi connectivity index (χ0v) is 24.7. The Kier molecular flexibility index (Phi) is 8.72. The second-order valence-electron chi connectivity index (χ2n) is 9.50. The summed E-state index contributed by atoms with van der Waals surface area (Å²) in [5.74, 6) is -0.262. The van der Waals surface area contributed by atoms with E-state index in [1.807, 2.05) is 56.3 Å². The van der Waals surface area contributed by atoms with Gasteiger partial charge in [0.15, 0.2) is 0 Å². The molecule has 1 heterocycles. The van der Waals surface area contributed by atoms with Crippen molar-refractivity contribution in [1.29, 1.82) is 0 Å². The summed E-state index contributed by atoms with van der Waals surface area (Å²) in [5, 5.41) is 4.14. The van der Waals surface area contributed by atoms with Crippen LogP contribution >= 0.6 is 15.9 Å². The Balaban J connectivity index is 1.55. The molecule has 39 heavy (non-hydrogen) atoms. The van der Waals surface area contributed by atoms with Gasteiger partial charge in [-0.15, -0.1) is 0 Å². The molecule has 7 nitrogen and oxygen atoms in total. The fourth-order valence-electron chi connectivity index (χ4n) is 4.31. The van der Waals surface area contributed by atoms with Gasteiger partial charge in [-0.25, -0.2) is 13.8 Å². The summed E-state index contributed by atoms with van der Waals surface area (Å²) in [7, 11) is -3.99. The standard InChI is InChI=1S/C30H31BrN4O3S/c1-21(2)24-10-14-27(15-11-24)34(39(37,38)29-8-6-5-7-9-29)20-30(36)33-32-19-25-18-22(3)35(23(25)4)28-16-12-26(31)13-17-28/h5-19,21H,20H2,1-4H3,(H,33,36)/b32-19-. The maximum Gasteiger partial charge on any atom is 0.264 e. The summed E-state index contributed by atoms with van der Waals surface area (Å²) in [4.78, 5) is 13.0. The minimum absolute atomic E-state index is 0.106. The molecule has 0 saturated carbocycles. The van der Waals surface area contributed by atoms with Gasteiger partial charge in [0.1, 0.15) is 6.54 Å². The van der Waals surface area contributed by atoms with Crippen LogP contribution in [0.4, 0.5) is 5.69 Å². The van der Waals surface area contributed by atoms with Crippen molar-refractivity contribution < 1.29 is 13.2 Å². The lowest BCUT2D eigenvalue weighted by Crippen LogP contribution is -2.39. The van der Waals surface area contributed by atoms with E-state index in [1.165, 1.54) is 12.1 Å². The van der Waals surface area contributed by atoms with Crippen molar-refractivity contribution in [1.82, 2.24) is 9.99 Å². The Bertz CT molecular complexity index is 1580. The van der Waals surface area contributed by atoms with Gasteiger partial charge in [0.25, 0.3) is 15.9 Å². The highest BCUT2D eigenvalue weighted by Gasteiger charge is 2.27. The predicted octanol–water partition coefficient (Wildman–Crippen LogP) is 6.33. The number of hydrogen-bond acceptors (Lipinski definition) is 4. The third-order valence-electron chi connectivity index (χ3n) is 6.41. The second kappa shape index (κ2) is 12.0. The number of nitrogens with zero attached hydrogens (tertiary/aromatic N) is 3. The van der Waals surface area contributed by atoms with Crippen molar-refractivity contribution in [2.24, 2.45) is 5.10 Å². The molecule has 0 aliphatic rings. The maximum atomic E-state index is 13.5. The topological polar surface area (TPSA) is 83.8 Å². The zero-order chi connectivity index (χ0) is 28.2. The number of amides is 1. The fraction of sp³-hybridized carbons (Fsp3) is 0.200. The number of nitrogens with one attached hydrogen (secondary N) is 1. The quantitative estimate of drug-likeness (QED) is 0.179. The zero-order valence-electron chi connectivity index (χ0n) is 22.3. The van der Waals surface area contributed by atoms with Gasteiger partial charge in [-0.1, -0.05) is 60.1 Å². The normalized spacial score (nSPS) is 11.7. The van der Waals surface area contributed by atoms with Crippen molar-refractivity contribution in [2.45, 2.75) is 38.5 Å². The van der Waals surface area contributed by atoms with Gasteiger partial charge in [-0.05, 0) is 79.9 Å². The number of hydrazone groups is 1. The number of halogens is 1. The number of aromatic nitrogens is 1. The fourth-order valence-corrected chi connectivity index (χ4v) is 6.01. The van der Waals surface area contributed by atoms with Crippen LogP contribution in [0, 0.1) is 13.8 Å². The number of sulfonamides is 1. The van der Waals surface area contributed by atoms with E-state index in [4.69, 9.17) is 0 Å². The molecule has 0 spiro atoms. The molecular weight excluding hydrogens is 576 g/mol. The molecule has 0 atom stereocenters. The van der Waals surface area contributed by atoms with E-state index in [0.717, 1.165) is 37.0 Å². The summed E-state index contributed by atoms with van der Waals surface area (Å²) < 4.78 is 31.3.